The van der Waals surface area contributed by atoms with Crippen LogP contribution in [-0.2, 0) is 17.9 Å². The summed E-state index contributed by atoms with van der Waals surface area (Å²) in [5.74, 6) is 1.32. The standard InChI is InChI=1S/C21H22BrN3O2/c1-14-8-9-15(2)19(10-14)27-13-21(26)23-11-20-24-17-6-4-5-7-18(17)25(20)12-16(3)22/h4-10H,3,11-13H2,1-2H3,(H,23,26). The number of hydrogen-bond acceptors (Lipinski definition) is 3. The van der Waals surface area contributed by atoms with E-state index in [1.807, 2.05) is 60.9 Å². The van der Waals surface area contributed by atoms with Gasteiger partial charge in [0.1, 0.15) is 11.6 Å². The molecule has 1 amide bonds. The van der Waals surface area contributed by atoms with E-state index < -0.39 is 0 Å². The summed E-state index contributed by atoms with van der Waals surface area (Å²) < 4.78 is 8.54. The highest BCUT2D eigenvalue weighted by molar-refractivity contribution is 9.11. The van der Waals surface area contributed by atoms with E-state index in [1.165, 1.54) is 0 Å². The topological polar surface area (TPSA) is 56.2 Å². The van der Waals surface area contributed by atoms with Crippen molar-refractivity contribution in [3.05, 3.63) is 70.5 Å². The molecule has 0 saturated heterocycles. The number of allylic oxidation sites excluding steroid dienone is 1. The van der Waals surface area contributed by atoms with Crippen molar-refractivity contribution in [1.29, 1.82) is 0 Å². The van der Waals surface area contributed by atoms with Gasteiger partial charge in [-0.3, -0.25) is 4.79 Å². The summed E-state index contributed by atoms with van der Waals surface area (Å²) in [6.07, 6.45) is 0. The lowest BCUT2D eigenvalue weighted by molar-refractivity contribution is -0.123. The second-order valence-electron chi connectivity index (χ2n) is 6.45. The van der Waals surface area contributed by atoms with Crippen LogP contribution in [0.2, 0.25) is 0 Å². The monoisotopic (exact) mass is 427 g/mol. The van der Waals surface area contributed by atoms with E-state index in [1.54, 1.807) is 0 Å². The van der Waals surface area contributed by atoms with Crippen molar-refractivity contribution < 1.29 is 9.53 Å². The van der Waals surface area contributed by atoms with Gasteiger partial charge in [0.15, 0.2) is 6.61 Å². The molecule has 2 aromatic carbocycles. The number of para-hydroxylation sites is 2. The number of rotatable bonds is 7. The van der Waals surface area contributed by atoms with Crippen molar-refractivity contribution in [2.24, 2.45) is 0 Å². The van der Waals surface area contributed by atoms with E-state index in [0.717, 1.165) is 38.2 Å². The maximum atomic E-state index is 12.2. The van der Waals surface area contributed by atoms with Gasteiger partial charge in [0.2, 0.25) is 0 Å². The first kappa shape index (κ1) is 19.2. The predicted octanol–water partition coefficient (Wildman–Crippen LogP) is 4.26. The average molecular weight is 428 g/mol. The molecule has 1 heterocycles. The van der Waals surface area contributed by atoms with Gasteiger partial charge in [-0.2, -0.15) is 0 Å². The molecule has 0 atom stereocenters. The Hall–Kier alpha value is -2.60. The van der Waals surface area contributed by atoms with Gasteiger partial charge in [-0.05, 0) is 43.2 Å². The first-order chi connectivity index (χ1) is 12.9. The summed E-state index contributed by atoms with van der Waals surface area (Å²) in [5, 5.41) is 2.89. The molecule has 5 nitrogen and oxygen atoms in total. The molecule has 0 aliphatic carbocycles. The van der Waals surface area contributed by atoms with Crippen molar-refractivity contribution >= 4 is 32.9 Å². The van der Waals surface area contributed by atoms with Gasteiger partial charge >= 0.3 is 0 Å². The van der Waals surface area contributed by atoms with Crippen LogP contribution in [0.5, 0.6) is 5.75 Å². The van der Waals surface area contributed by atoms with E-state index >= 15 is 0 Å². The number of ether oxygens (including phenoxy) is 1. The summed E-state index contributed by atoms with van der Waals surface area (Å²) in [7, 11) is 0. The summed E-state index contributed by atoms with van der Waals surface area (Å²) >= 11 is 3.41. The number of nitrogens with one attached hydrogen (secondary N) is 1. The molecule has 0 radical (unpaired) electrons. The summed E-state index contributed by atoms with van der Waals surface area (Å²) in [6.45, 7) is 8.75. The molecule has 0 spiro atoms. The van der Waals surface area contributed by atoms with Crippen LogP contribution in [-0.4, -0.2) is 22.1 Å². The Kier molecular flexibility index (Phi) is 5.96. The Morgan fingerprint density at radius 2 is 2.04 bits per heavy atom. The molecule has 140 valence electrons. The van der Waals surface area contributed by atoms with Crippen molar-refractivity contribution in [3.63, 3.8) is 0 Å². The molecule has 0 aliphatic rings. The number of carbonyl (C=O) groups is 1. The number of benzene rings is 2. The normalized spacial score (nSPS) is 10.8. The van der Waals surface area contributed by atoms with E-state index in [-0.39, 0.29) is 12.5 Å². The van der Waals surface area contributed by atoms with Gasteiger partial charge in [-0.25, -0.2) is 4.98 Å². The largest absolute Gasteiger partial charge is 0.483 e. The molecule has 0 aliphatic heterocycles. The smallest absolute Gasteiger partial charge is 0.258 e. The van der Waals surface area contributed by atoms with Crippen LogP contribution in [0, 0.1) is 13.8 Å². The fraction of sp³-hybridized carbons (Fsp3) is 0.238. The third-order valence-electron chi connectivity index (χ3n) is 4.21. The molecule has 0 saturated carbocycles. The zero-order valence-electron chi connectivity index (χ0n) is 15.5. The number of carbonyl (C=O) groups excluding carboxylic acids is 1. The minimum Gasteiger partial charge on any atom is -0.483 e. The minimum absolute atomic E-state index is 0.0321. The molecule has 0 unspecified atom stereocenters. The Bertz CT molecular complexity index is 994. The summed E-state index contributed by atoms with van der Waals surface area (Å²) in [5.41, 5.74) is 4.00. The Morgan fingerprint density at radius 1 is 1.26 bits per heavy atom. The second kappa shape index (κ2) is 8.39. The first-order valence-corrected chi connectivity index (χ1v) is 9.47. The number of aromatic nitrogens is 2. The highest BCUT2D eigenvalue weighted by Gasteiger charge is 2.12. The maximum absolute atomic E-state index is 12.2. The van der Waals surface area contributed by atoms with Crippen LogP contribution in [0.4, 0.5) is 0 Å². The van der Waals surface area contributed by atoms with Crippen LogP contribution in [0.15, 0.2) is 53.5 Å². The van der Waals surface area contributed by atoms with E-state index in [4.69, 9.17) is 4.74 Å². The van der Waals surface area contributed by atoms with Gasteiger partial charge in [0.05, 0.1) is 24.1 Å². The first-order valence-electron chi connectivity index (χ1n) is 8.68. The third kappa shape index (κ3) is 4.77. The van der Waals surface area contributed by atoms with Crippen molar-refractivity contribution in [3.8, 4) is 5.75 Å². The average Bonchev–Trinajstić information content (AvgIpc) is 2.98. The molecule has 6 heteroatoms. The van der Waals surface area contributed by atoms with Crippen LogP contribution >= 0.6 is 15.9 Å². The van der Waals surface area contributed by atoms with Crippen molar-refractivity contribution in [2.75, 3.05) is 6.61 Å². The predicted molar refractivity (Wildman–Crippen MR) is 111 cm³/mol. The molecule has 0 fully saturated rings. The number of nitrogens with zero attached hydrogens (tertiary/aromatic N) is 2. The SMILES string of the molecule is C=C(Br)Cn1c(CNC(=O)COc2cc(C)ccc2C)nc2ccccc21. The summed E-state index contributed by atoms with van der Waals surface area (Å²) in [6, 6.07) is 13.8. The molecule has 3 rings (SSSR count). The van der Waals surface area contributed by atoms with Gasteiger partial charge in [0, 0.05) is 4.48 Å². The molecule has 0 bridgehead atoms. The molecule has 1 N–H and O–H groups in total. The maximum Gasteiger partial charge on any atom is 0.258 e. The molecular formula is C21H22BrN3O2. The highest BCUT2D eigenvalue weighted by atomic mass is 79.9. The van der Waals surface area contributed by atoms with Crippen LogP contribution < -0.4 is 10.1 Å². The van der Waals surface area contributed by atoms with Crippen LogP contribution in [0.3, 0.4) is 0 Å². The molecule has 1 aromatic heterocycles. The lowest BCUT2D eigenvalue weighted by Crippen LogP contribution is -2.29. The molecular weight excluding hydrogens is 406 g/mol. The minimum atomic E-state index is -0.188. The van der Waals surface area contributed by atoms with E-state index in [2.05, 4.69) is 32.8 Å². The number of aryl methyl sites for hydroxylation is 2. The Labute approximate surface area is 167 Å². The Balaban J connectivity index is 1.66. The lowest BCUT2D eigenvalue weighted by Gasteiger charge is -2.11. The number of hydrogen-bond donors (Lipinski definition) is 1. The van der Waals surface area contributed by atoms with Gasteiger partial charge in [-0.1, -0.05) is 46.8 Å². The fourth-order valence-corrected chi connectivity index (χ4v) is 3.09. The van der Waals surface area contributed by atoms with Gasteiger partial charge < -0.3 is 14.6 Å². The fourth-order valence-electron chi connectivity index (χ4n) is 2.84. The zero-order chi connectivity index (χ0) is 19.4. The van der Waals surface area contributed by atoms with E-state index in [9.17, 15) is 4.79 Å². The lowest BCUT2D eigenvalue weighted by atomic mass is 10.1. The second-order valence-corrected chi connectivity index (χ2v) is 7.58. The molecule has 27 heavy (non-hydrogen) atoms. The van der Waals surface area contributed by atoms with Gasteiger partial charge in [-0.15, -0.1) is 0 Å². The van der Waals surface area contributed by atoms with Crippen molar-refractivity contribution in [2.45, 2.75) is 26.9 Å². The van der Waals surface area contributed by atoms with Crippen LogP contribution in [0.25, 0.3) is 11.0 Å². The van der Waals surface area contributed by atoms with Crippen LogP contribution in [0.1, 0.15) is 17.0 Å². The number of fused-ring (bicyclic) bond motifs is 1. The third-order valence-corrected chi connectivity index (χ3v) is 4.46. The number of halogens is 1. The quantitative estimate of drug-likeness (QED) is 0.612. The molecule has 3 aromatic rings. The van der Waals surface area contributed by atoms with Gasteiger partial charge in [0.25, 0.3) is 5.91 Å². The zero-order valence-corrected chi connectivity index (χ0v) is 17.0. The Morgan fingerprint density at radius 3 is 2.81 bits per heavy atom. The van der Waals surface area contributed by atoms with E-state index in [0.29, 0.717) is 13.1 Å². The number of imidazole rings is 1. The highest BCUT2D eigenvalue weighted by Crippen LogP contribution is 2.20. The summed E-state index contributed by atoms with van der Waals surface area (Å²) in [4.78, 5) is 16.9. The number of amides is 1. The van der Waals surface area contributed by atoms with Crippen molar-refractivity contribution in [1.82, 2.24) is 14.9 Å².